The maximum absolute atomic E-state index is 14.2. The molecule has 0 aliphatic rings. The fraction of sp³-hybridized carbons (Fsp3) is 0.188. The molecule has 0 atom stereocenters. The molecule has 0 heterocycles. The maximum Gasteiger partial charge on any atom is 0.573 e. The fourth-order valence-corrected chi connectivity index (χ4v) is 2.28. The number of hydrogen-bond acceptors (Lipinski definition) is 5. The number of carboxylic acids is 1. The lowest BCUT2D eigenvalue weighted by atomic mass is 10.1. The third-order valence-corrected chi connectivity index (χ3v) is 3.51. The van der Waals surface area contributed by atoms with E-state index in [0.717, 1.165) is 31.4 Å². The van der Waals surface area contributed by atoms with Crippen LogP contribution in [0.15, 0.2) is 24.3 Å². The molecule has 1 N–H and O–H groups in total. The summed E-state index contributed by atoms with van der Waals surface area (Å²) in [6.07, 6.45) is -4.92. The molecule has 0 bridgehead atoms. The fourth-order valence-electron chi connectivity index (χ4n) is 2.06. The molecule has 6 nitrogen and oxygen atoms in total. The van der Waals surface area contributed by atoms with Gasteiger partial charge in [0.2, 0.25) is 0 Å². The quantitative estimate of drug-likeness (QED) is 0.684. The molecule has 0 aliphatic carbocycles. The summed E-state index contributed by atoms with van der Waals surface area (Å²) in [5.41, 5.74) is -0.890. The van der Waals surface area contributed by atoms with E-state index in [1.807, 2.05) is 0 Å². The zero-order valence-corrected chi connectivity index (χ0v) is 14.4. The van der Waals surface area contributed by atoms with E-state index in [-0.39, 0.29) is 17.2 Å². The first-order valence-corrected chi connectivity index (χ1v) is 7.36. The second-order valence-corrected chi connectivity index (χ2v) is 5.23. The first kappa shape index (κ1) is 20.4. The molecule has 2 rings (SSSR count). The van der Waals surface area contributed by atoms with Gasteiger partial charge in [0.15, 0.2) is 17.3 Å². The Balaban J connectivity index is 2.50. The summed E-state index contributed by atoms with van der Waals surface area (Å²) in [6, 6.07) is 3.83. The van der Waals surface area contributed by atoms with Crippen LogP contribution in [0.1, 0.15) is 10.4 Å². The Kier molecular flexibility index (Phi) is 5.89. The van der Waals surface area contributed by atoms with Crippen molar-refractivity contribution in [1.29, 1.82) is 0 Å². The van der Waals surface area contributed by atoms with Crippen LogP contribution in [0.3, 0.4) is 0 Å². The van der Waals surface area contributed by atoms with E-state index in [0.29, 0.717) is 0 Å². The predicted molar refractivity (Wildman–Crippen MR) is 84.7 cm³/mol. The molecule has 0 aliphatic heterocycles. The molecule has 146 valence electrons. The van der Waals surface area contributed by atoms with E-state index in [9.17, 15) is 27.5 Å². The van der Waals surface area contributed by atoms with Crippen LogP contribution in [0.25, 0.3) is 0 Å². The van der Waals surface area contributed by atoms with Crippen molar-refractivity contribution in [1.82, 2.24) is 0 Å². The Bertz CT molecular complexity index is 869. The number of aromatic carboxylic acids is 1. The van der Waals surface area contributed by atoms with Crippen LogP contribution < -0.4 is 18.9 Å². The SMILES string of the molecule is COc1cc(OC(F)(F)F)ccc1Oc1cc(OC)c(Cl)c(F)c1C(=O)O. The van der Waals surface area contributed by atoms with Crippen molar-refractivity contribution in [3.63, 3.8) is 0 Å². The van der Waals surface area contributed by atoms with E-state index < -0.39 is 40.2 Å². The number of carboxylic acid groups (broad SMARTS) is 1. The molecule has 0 saturated carbocycles. The minimum atomic E-state index is -4.92. The van der Waals surface area contributed by atoms with Gasteiger partial charge >= 0.3 is 12.3 Å². The molecule has 2 aromatic carbocycles. The number of ether oxygens (including phenoxy) is 4. The van der Waals surface area contributed by atoms with Crippen LogP contribution in [0.5, 0.6) is 28.7 Å². The smallest absolute Gasteiger partial charge is 0.495 e. The number of carbonyl (C=O) groups is 1. The highest BCUT2D eigenvalue weighted by Crippen LogP contribution is 2.41. The minimum absolute atomic E-state index is 0.196. The monoisotopic (exact) mass is 410 g/mol. The Hall–Kier alpha value is -2.88. The summed E-state index contributed by atoms with van der Waals surface area (Å²) in [5.74, 6) is -4.68. The predicted octanol–water partition coefficient (Wildman–Crippen LogP) is 4.89. The normalized spacial score (nSPS) is 11.1. The highest BCUT2D eigenvalue weighted by molar-refractivity contribution is 6.32. The number of rotatable bonds is 6. The molecule has 0 radical (unpaired) electrons. The van der Waals surface area contributed by atoms with Crippen LogP contribution in [0, 0.1) is 5.82 Å². The lowest BCUT2D eigenvalue weighted by molar-refractivity contribution is -0.274. The molecular formula is C16H11ClF4O6. The molecule has 0 saturated heterocycles. The summed E-state index contributed by atoms with van der Waals surface area (Å²) < 4.78 is 70.0. The van der Waals surface area contributed by atoms with Crippen LogP contribution >= 0.6 is 11.6 Å². The Labute approximate surface area is 154 Å². The van der Waals surface area contributed by atoms with Gasteiger partial charge in [0.25, 0.3) is 0 Å². The number of methoxy groups -OCH3 is 2. The average molecular weight is 411 g/mol. The van der Waals surface area contributed by atoms with Gasteiger partial charge in [-0.2, -0.15) is 0 Å². The van der Waals surface area contributed by atoms with Crippen LogP contribution in [0.4, 0.5) is 17.6 Å². The van der Waals surface area contributed by atoms with E-state index in [2.05, 4.69) is 4.74 Å². The standard InChI is InChI=1S/C16H11ClF4O6/c1-24-9-5-7(27-16(19,20)21)3-4-8(9)26-10-6-11(25-2)13(17)14(18)12(10)15(22)23/h3-6H,1-2H3,(H,22,23). The summed E-state index contributed by atoms with van der Waals surface area (Å²) in [6.45, 7) is 0. The van der Waals surface area contributed by atoms with Gasteiger partial charge < -0.3 is 24.1 Å². The lowest BCUT2D eigenvalue weighted by Gasteiger charge is -2.16. The van der Waals surface area contributed by atoms with E-state index in [1.54, 1.807) is 0 Å². The molecule has 11 heteroatoms. The van der Waals surface area contributed by atoms with E-state index in [1.165, 1.54) is 7.11 Å². The maximum atomic E-state index is 14.2. The second kappa shape index (κ2) is 7.78. The van der Waals surface area contributed by atoms with Gasteiger partial charge in [-0.05, 0) is 12.1 Å². The van der Waals surface area contributed by atoms with Gasteiger partial charge in [-0.25, -0.2) is 9.18 Å². The molecule has 2 aromatic rings. The molecule has 0 amide bonds. The zero-order chi connectivity index (χ0) is 20.4. The van der Waals surface area contributed by atoms with E-state index in [4.69, 9.17) is 25.8 Å². The molecule has 0 aromatic heterocycles. The Morgan fingerprint density at radius 3 is 2.19 bits per heavy atom. The highest BCUT2D eigenvalue weighted by Gasteiger charge is 2.31. The lowest BCUT2D eigenvalue weighted by Crippen LogP contribution is -2.17. The van der Waals surface area contributed by atoms with Gasteiger partial charge in [0, 0.05) is 12.1 Å². The van der Waals surface area contributed by atoms with Gasteiger partial charge in [-0.1, -0.05) is 11.6 Å². The number of halogens is 5. The molecule has 0 fully saturated rings. The molecular weight excluding hydrogens is 400 g/mol. The number of benzene rings is 2. The van der Waals surface area contributed by atoms with Gasteiger partial charge in [-0.15, -0.1) is 13.2 Å². The minimum Gasteiger partial charge on any atom is -0.495 e. The second-order valence-electron chi connectivity index (χ2n) is 4.85. The largest absolute Gasteiger partial charge is 0.573 e. The van der Waals surface area contributed by atoms with Crippen molar-refractivity contribution in [2.75, 3.05) is 14.2 Å². The zero-order valence-electron chi connectivity index (χ0n) is 13.7. The van der Waals surface area contributed by atoms with Crippen molar-refractivity contribution in [2.24, 2.45) is 0 Å². The van der Waals surface area contributed by atoms with Crippen molar-refractivity contribution >= 4 is 17.6 Å². The Morgan fingerprint density at radius 1 is 1.04 bits per heavy atom. The van der Waals surface area contributed by atoms with Gasteiger partial charge in [-0.3, -0.25) is 0 Å². The molecule has 27 heavy (non-hydrogen) atoms. The number of hydrogen-bond donors (Lipinski definition) is 1. The first-order chi connectivity index (χ1) is 12.6. The van der Waals surface area contributed by atoms with Crippen LogP contribution in [-0.4, -0.2) is 31.7 Å². The first-order valence-electron chi connectivity index (χ1n) is 6.98. The van der Waals surface area contributed by atoms with Crippen molar-refractivity contribution in [2.45, 2.75) is 6.36 Å². The van der Waals surface area contributed by atoms with Crippen molar-refractivity contribution in [3.8, 4) is 28.7 Å². The van der Waals surface area contributed by atoms with Crippen molar-refractivity contribution in [3.05, 3.63) is 40.7 Å². The Morgan fingerprint density at radius 2 is 1.67 bits per heavy atom. The van der Waals surface area contributed by atoms with Crippen LogP contribution in [-0.2, 0) is 0 Å². The topological polar surface area (TPSA) is 74.2 Å². The summed E-state index contributed by atoms with van der Waals surface area (Å²) in [7, 11) is 2.31. The van der Waals surface area contributed by atoms with Gasteiger partial charge in [0.1, 0.15) is 27.8 Å². The summed E-state index contributed by atoms with van der Waals surface area (Å²) in [5, 5.41) is 8.65. The third kappa shape index (κ3) is 4.64. The van der Waals surface area contributed by atoms with Gasteiger partial charge in [0.05, 0.1) is 14.2 Å². The van der Waals surface area contributed by atoms with Crippen LogP contribution in [0.2, 0.25) is 5.02 Å². The number of alkyl halides is 3. The third-order valence-electron chi connectivity index (χ3n) is 3.16. The summed E-state index contributed by atoms with van der Waals surface area (Å²) >= 11 is 5.69. The summed E-state index contributed by atoms with van der Waals surface area (Å²) in [4.78, 5) is 11.4. The van der Waals surface area contributed by atoms with E-state index >= 15 is 0 Å². The average Bonchev–Trinajstić information content (AvgIpc) is 2.57. The highest BCUT2D eigenvalue weighted by atomic mass is 35.5. The van der Waals surface area contributed by atoms with Crippen molar-refractivity contribution < 1.29 is 46.4 Å². The molecule has 0 spiro atoms. The molecule has 0 unspecified atom stereocenters.